The summed E-state index contributed by atoms with van der Waals surface area (Å²) in [4.78, 5) is 4.37. The Kier molecular flexibility index (Phi) is 3.83. The summed E-state index contributed by atoms with van der Waals surface area (Å²) in [6.07, 6.45) is 3.07. The number of hydrogen-bond acceptors (Lipinski definition) is 3. The molecule has 3 aromatic rings. The van der Waals surface area contributed by atoms with Crippen LogP contribution in [0.3, 0.4) is 0 Å². The molecule has 23 heavy (non-hydrogen) atoms. The molecule has 0 aliphatic heterocycles. The summed E-state index contributed by atoms with van der Waals surface area (Å²) in [6.45, 7) is 0.801. The molecule has 2 heterocycles. The van der Waals surface area contributed by atoms with E-state index in [1.54, 1.807) is 6.07 Å². The van der Waals surface area contributed by atoms with Crippen molar-refractivity contribution in [3.05, 3.63) is 76.6 Å². The standard InChI is InChI=1S/C18H17ClN4/c19-16-8-4-7-15(20-16)11-17-21-22-18(14-9-10-14)23(17)12-13-5-2-1-3-6-13/h1-8,14H,9-12H2. The van der Waals surface area contributed by atoms with Gasteiger partial charge in [0.2, 0.25) is 0 Å². The molecule has 0 atom stereocenters. The van der Waals surface area contributed by atoms with Crippen LogP contribution in [0, 0.1) is 0 Å². The highest BCUT2D eigenvalue weighted by atomic mass is 35.5. The molecule has 4 nitrogen and oxygen atoms in total. The number of rotatable bonds is 5. The van der Waals surface area contributed by atoms with Crippen molar-refractivity contribution in [2.75, 3.05) is 0 Å². The molecular weight excluding hydrogens is 308 g/mol. The van der Waals surface area contributed by atoms with Crippen molar-refractivity contribution >= 4 is 11.6 Å². The molecule has 1 aliphatic carbocycles. The molecule has 1 fully saturated rings. The van der Waals surface area contributed by atoms with Gasteiger partial charge in [0.25, 0.3) is 0 Å². The van der Waals surface area contributed by atoms with Crippen LogP contribution in [-0.2, 0) is 13.0 Å². The van der Waals surface area contributed by atoms with Crippen molar-refractivity contribution in [1.82, 2.24) is 19.7 Å². The van der Waals surface area contributed by atoms with E-state index in [-0.39, 0.29) is 0 Å². The van der Waals surface area contributed by atoms with Gasteiger partial charge in [-0.25, -0.2) is 4.98 Å². The molecule has 116 valence electrons. The highest BCUT2D eigenvalue weighted by molar-refractivity contribution is 6.29. The molecule has 0 bridgehead atoms. The fourth-order valence-electron chi connectivity index (χ4n) is 2.77. The average molecular weight is 325 g/mol. The van der Waals surface area contributed by atoms with E-state index in [1.165, 1.54) is 18.4 Å². The highest BCUT2D eigenvalue weighted by Gasteiger charge is 2.30. The summed E-state index contributed by atoms with van der Waals surface area (Å²) >= 11 is 5.99. The lowest BCUT2D eigenvalue weighted by Crippen LogP contribution is -2.09. The Morgan fingerprint density at radius 3 is 2.57 bits per heavy atom. The van der Waals surface area contributed by atoms with Crippen molar-refractivity contribution in [1.29, 1.82) is 0 Å². The van der Waals surface area contributed by atoms with E-state index < -0.39 is 0 Å². The lowest BCUT2D eigenvalue weighted by atomic mass is 10.2. The number of benzene rings is 1. The second-order valence-electron chi connectivity index (χ2n) is 5.95. The third-order valence-corrected chi connectivity index (χ3v) is 4.30. The lowest BCUT2D eigenvalue weighted by Gasteiger charge is -2.10. The third-order valence-electron chi connectivity index (χ3n) is 4.09. The first-order valence-corrected chi connectivity index (χ1v) is 8.25. The molecule has 2 aromatic heterocycles. The summed E-state index contributed by atoms with van der Waals surface area (Å²) in [6, 6.07) is 16.1. The molecule has 4 rings (SSSR count). The molecule has 0 radical (unpaired) electrons. The van der Waals surface area contributed by atoms with Crippen LogP contribution in [0.1, 0.15) is 41.7 Å². The van der Waals surface area contributed by atoms with Gasteiger partial charge < -0.3 is 4.57 Å². The second-order valence-corrected chi connectivity index (χ2v) is 6.34. The number of aromatic nitrogens is 4. The molecule has 0 spiro atoms. The predicted molar refractivity (Wildman–Crippen MR) is 89.6 cm³/mol. The van der Waals surface area contributed by atoms with E-state index in [4.69, 9.17) is 11.6 Å². The van der Waals surface area contributed by atoms with Crippen molar-refractivity contribution in [3.8, 4) is 0 Å². The quantitative estimate of drug-likeness (QED) is 0.670. The molecule has 0 unspecified atom stereocenters. The molecule has 5 heteroatoms. The zero-order valence-corrected chi connectivity index (χ0v) is 13.4. The van der Waals surface area contributed by atoms with Crippen LogP contribution in [0.2, 0.25) is 5.15 Å². The average Bonchev–Trinajstić information content (AvgIpc) is 3.33. The van der Waals surface area contributed by atoms with Gasteiger partial charge in [0.05, 0.1) is 13.0 Å². The maximum absolute atomic E-state index is 5.99. The van der Waals surface area contributed by atoms with Gasteiger partial charge in [-0.15, -0.1) is 10.2 Å². The van der Waals surface area contributed by atoms with Gasteiger partial charge in [0.1, 0.15) is 16.8 Å². The molecule has 0 N–H and O–H groups in total. The van der Waals surface area contributed by atoms with Crippen molar-refractivity contribution in [2.24, 2.45) is 0 Å². The van der Waals surface area contributed by atoms with Gasteiger partial charge >= 0.3 is 0 Å². The van der Waals surface area contributed by atoms with Crippen LogP contribution < -0.4 is 0 Å². The van der Waals surface area contributed by atoms with E-state index in [1.807, 2.05) is 18.2 Å². The number of halogens is 1. The molecule has 0 saturated heterocycles. The summed E-state index contributed by atoms with van der Waals surface area (Å²) in [7, 11) is 0. The Labute approximate surface area is 140 Å². The smallest absolute Gasteiger partial charge is 0.139 e. The van der Waals surface area contributed by atoms with Crippen LogP contribution in [0.5, 0.6) is 0 Å². The largest absolute Gasteiger partial charge is 0.310 e. The monoisotopic (exact) mass is 324 g/mol. The van der Waals surface area contributed by atoms with Crippen LogP contribution in [0.15, 0.2) is 48.5 Å². The van der Waals surface area contributed by atoms with E-state index >= 15 is 0 Å². The van der Waals surface area contributed by atoms with E-state index in [2.05, 4.69) is 44.0 Å². The molecule has 1 saturated carbocycles. The summed E-state index contributed by atoms with van der Waals surface area (Å²) in [5, 5.41) is 9.39. The number of hydrogen-bond donors (Lipinski definition) is 0. The normalized spacial score (nSPS) is 14.1. The first-order chi connectivity index (χ1) is 11.3. The second kappa shape index (κ2) is 6.13. The topological polar surface area (TPSA) is 43.6 Å². The maximum Gasteiger partial charge on any atom is 0.139 e. The lowest BCUT2D eigenvalue weighted by molar-refractivity contribution is 0.691. The van der Waals surface area contributed by atoms with Gasteiger partial charge in [0, 0.05) is 11.6 Å². The fraction of sp³-hybridized carbons (Fsp3) is 0.278. The minimum absolute atomic E-state index is 0.513. The Morgan fingerprint density at radius 2 is 1.83 bits per heavy atom. The van der Waals surface area contributed by atoms with Crippen molar-refractivity contribution in [3.63, 3.8) is 0 Å². The van der Waals surface area contributed by atoms with Crippen LogP contribution >= 0.6 is 11.6 Å². The van der Waals surface area contributed by atoms with Gasteiger partial charge in [0.15, 0.2) is 0 Å². The van der Waals surface area contributed by atoms with E-state index in [9.17, 15) is 0 Å². The van der Waals surface area contributed by atoms with Crippen LogP contribution in [0.25, 0.3) is 0 Å². The SMILES string of the molecule is Clc1cccc(Cc2nnc(C3CC3)n2Cc2ccccc2)n1. The fourth-order valence-corrected chi connectivity index (χ4v) is 2.95. The first kappa shape index (κ1) is 14.4. The van der Waals surface area contributed by atoms with Gasteiger partial charge in [-0.1, -0.05) is 48.0 Å². The summed E-state index contributed by atoms with van der Waals surface area (Å²) < 4.78 is 2.25. The minimum atomic E-state index is 0.513. The number of pyridine rings is 1. The van der Waals surface area contributed by atoms with Crippen molar-refractivity contribution < 1.29 is 0 Å². The van der Waals surface area contributed by atoms with Gasteiger partial charge in [-0.2, -0.15) is 0 Å². The summed E-state index contributed by atoms with van der Waals surface area (Å²) in [5.41, 5.74) is 2.18. The Hall–Kier alpha value is -2.20. The Morgan fingerprint density at radius 1 is 1.00 bits per heavy atom. The Bertz CT molecular complexity index is 809. The first-order valence-electron chi connectivity index (χ1n) is 7.87. The summed E-state index contributed by atoms with van der Waals surface area (Å²) in [5.74, 6) is 2.61. The van der Waals surface area contributed by atoms with Gasteiger partial charge in [-0.3, -0.25) is 0 Å². The maximum atomic E-state index is 5.99. The molecule has 1 aliphatic rings. The molecular formula is C18H17ClN4. The molecule has 1 aromatic carbocycles. The molecule has 0 amide bonds. The number of nitrogens with zero attached hydrogens (tertiary/aromatic N) is 4. The van der Waals surface area contributed by atoms with Crippen LogP contribution in [0.4, 0.5) is 0 Å². The minimum Gasteiger partial charge on any atom is -0.310 e. The predicted octanol–water partition coefficient (Wildman–Crippen LogP) is 3.84. The van der Waals surface area contributed by atoms with Crippen LogP contribution in [-0.4, -0.2) is 19.7 Å². The highest BCUT2D eigenvalue weighted by Crippen LogP contribution is 2.39. The van der Waals surface area contributed by atoms with Crippen molar-refractivity contribution in [2.45, 2.75) is 31.7 Å². The zero-order valence-electron chi connectivity index (χ0n) is 12.7. The van der Waals surface area contributed by atoms with Gasteiger partial charge in [-0.05, 0) is 30.5 Å². The van der Waals surface area contributed by atoms with E-state index in [0.717, 1.165) is 23.9 Å². The Balaban J connectivity index is 1.66. The third kappa shape index (κ3) is 3.27. The van der Waals surface area contributed by atoms with E-state index in [0.29, 0.717) is 17.5 Å². The zero-order chi connectivity index (χ0) is 15.6.